The third-order valence-corrected chi connectivity index (χ3v) is 5.10. The Morgan fingerprint density at radius 1 is 1.22 bits per heavy atom. The van der Waals surface area contributed by atoms with Gasteiger partial charge in [0.25, 0.3) is 0 Å². The summed E-state index contributed by atoms with van der Waals surface area (Å²) in [5, 5.41) is 15.8. The molecule has 150 valence electrons. The molecule has 1 aliphatic heterocycles. The zero-order valence-corrected chi connectivity index (χ0v) is 16.6. The molecule has 3 unspecified atom stereocenters. The van der Waals surface area contributed by atoms with E-state index < -0.39 is 11.9 Å². The van der Waals surface area contributed by atoms with Crippen molar-refractivity contribution in [1.82, 2.24) is 15.5 Å². The molecule has 0 saturated carbocycles. The number of aliphatic carboxylic acids is 1. The molecule has 0 aromatic heterocycles. The molecule has 0 spiro atoms. The summed E-state index contributed by atoms with van der Waals surface area (Å²) in [6.07, 6.45) is 2.34. The highest BCUT2D eigenvalue weighted by Gasteiger charge is 2.28. The Morgan fingerprint density at radius 3 is 2.56 bits per heavy atom. The second-order valence-electron chi connectivity index (χ2n) is 7.93. The zero-order chi connectivity index (χ0) is 19.8. The van der Waals surface area contributed by atoms with E-state index in [0.717, 1.165) is 12.8 Å². The van der Waals surface area contributed by atoms with Gasteiger partial charge in [0.1, 0.15) is 0 Å². The molecule has 1 aromatic rings. The largest absolute Gasteiger partial charge is 0.481 e. The van der Waals surface area contributed by atoms with E-state index in [0.29, 0.717) is 32.0 Å². The molecular weight excluding hydrogens is 342 g/mol. The number of urea groups is 1. The summed E-state index contributed by atoms with van der Waals surface area (Å²) in [6.45, 7) is 7.93. The zero-order valence-electron chi connectivity index (χ0n) is 16.6. The monoisotopic (exact) mass is 375 g/mol. The third-order valence-electron chi connectivity index (χ3n) is 5.10. The number of carbonyl (C=O) groups is 2. The minimum Gasteiger partial charge on any atom is -0.481 e. The topological polar surface area (TPSA) is 81.7 Å². The van der Waals surface area contributed by atoms with Gasteiger partial charge in [-0.05, 0) is 37.7 Å². The summed E-state index contributed by atoms with van der Waals surface area (Å²) in [5.74, 6) is -0.760. The maximum atomic E-state index is 12.5. The Hall–Kier alpha value is -2.08. The van der Waals surface area contributed by atoms with Gasteiger partial charge in [-0.1, -0.05) is 44.2 Å². The van der Waals surface area contributed by atoms with Crippen LogP contribution in [-0.4, -0.2) is 47.7 Å². The van der Waals surface area contributed by atoms with Gasteiger partial charge in [-0.15, -0.1) is 0 Å². The van der Waals surface area contributed by atoms with Gasteiger partial charge in [-0.25, -0.2) is 4.79 Å². The number of carboxylic acids is 1. The minimum atomic E-state index is -0.816. The summed E-state index contributed by atoms with van der Waals surface area (Å²) in [6, 6.07) is 10.5. The molecule has 2 rings (SSSR count). The van der Waals surface area contributed by atoms with Crippen molar-refractivity contribution in [3.8, 4) is 0 Å². The van der Waals surface area contributed by atoms with Crippen LogP contribution in [0.3, 0.4) is 0 Å². The predicted molar refractivity (Wildman–Crippen MR) is 107 cm³/mol. The summed E-state index contributed by atoms with van der Waals surface area (Å²) in [4.78, 5) is 25.3. The molecule has 1 aliphatic rings. The van der Waals surface area contributed by atoms with E-state index in [4.69, 9.17) is 0 Å². The highest BCUT2D eigenvalue weighted by molar-refractivity contribution is 5.76. The summed E-state index contributed by atoms with van der Waals surface area (Å²) in [7, 11) is 0. The second kappa shape index (κ2) is 10.3. The van der Waals surface area contributed by atoms with Gasteiger partial charge in [0.15, 0.2) is 0 Å². The van der Waals surface area contributed by atoms with Gasteiger partial charge >= 0.3 is 12.0 Å². The van der Waals surface area contributed by atoms with Crippen LogP contribution in [0.4, 0.5) is 4.79 Å². The van der Waals surface area contributed by atoms with Crippen LogP contribution in [0.15, 0.2) is 30.3 Å². The SMILES string of the molecule is CC(C)CC(CNC(=O)N1CCCC(C(=O)O)C1)NC(C)c1ccccc1. The number of amides is 2. The van der Waals surface area contributed by atoms with Crippen molar-refractivity contribution in [3.05, 3.63) is 35.9 Å². The molecule has 0 bridgehead atoms. The maximum Gasteiger partial charge on any atom is 0.317 e. The van der Waals surface area contributed by atoms with Crippen molar-refractivity contribution < 1.29 is 14.7 Å². The predicted octanol–water partition coefficient (Wildman–Crippen LogP) is 3.26. The van der Waals surface area contributed by atoms with Crippen molar-refractivity contribution in [2.45, 2.75) is 52.1 Å². The van der Waals surface area contributed by atoms with Crippen LogP contribution in [0.5, 0.6) is 0 Å². The first-order chi connectivity index (χ1) is 12.9. The van der Waals surface area contributed by atoms with E-state index in [1.807, 2.05) is 18.2 Å². The van der Waals surface area contributed by atoms with E-state index in [-0.39, 0.29) is 18.1 Å². The highest BCUT2D eigenvalue weighted by Crippen LogP contribution is 2.17. The lowest BCUT2D eigenvalue weighted by molar-refractivity contribution is -0.143. The van der Waals surface area contributed by atoms with E-state index in [9.17, 15) is 14.7 Å². The van der Waals surface area contributed by atoms with Crippen LogP contribution in [0.2, 0.25) is 0 Å². The molecule has 6 nitrogen and oxygen atoms in total. The second-order valence-corrected chi connectivity index (χ2v) is 7.93. The molecule has 1 aromatic carbocycles. The van der Waals surface area contributed by atoms with Gasteiger partial charge in [0, 0.05) is 31.7 Å². The number of likely N-dealkylation sites (tertiary alicyclic amines) is 1. The number of hydrogen-bond acceptors (Lipinski definition) is 3. The van der Waals surface area contributed by atoms with E-state index in [2.05, 4.69) is 43.5 Å². The lowest BCUT2D eigenvalue weighted by Gasteiger charge is -2.32. The lowest BCUT2D eigenvalue weighted by atomic mass is 9.98. The van der Waals surface area contributed by atoms with Gasteiger partial charge in [-0.2, -0.15) is 0 Å². The lowest BCUT2D eigenvalue weighted by Crippen LogP contribution is -2.50. The Bertz CT molecular complexity index is 606. The molecule has 2 amide bonds. The fourth-order valence-electron chi connectivity index (χ4n) is 3.66. The number of carbonyl (C=O) groups excluding carboxylic acids is 1. The molecule has 3 atom stereocenters. The van der Waals surface area contributed by atoms with Crippen molar-refractivity contribution in [2.75, 3.05) is 19.6 Å². The smallest absolute Gasteiger partial charge is 0.317 e. The fraction of sp³-hybridized carbons (Fsp3) is 0.619. The number of carboxylic acid groups (broad SMARTS) is 1. The molecule has 1 heterocycles. The van der Waals surface area contributed by atoms with Gasteiger partial charge in [-0.3, -0.25) is 4.79 Å². The number of rotatable bonds is 8. The van der Waals surface area contributed by atoms with Gasteiger partial charge < -0.3 is 20.6 Å². The third kappa shape index (κ3) is 6.86. The molecule has 1 fully saturated rings. The summed E-state index contributed by atoms with van der Waals surface area (Å²) >= 11 is 0. The van der Waals surface area contributed by atoms with Crippen LogP contribution in [0, 0.1) is 11.8 Å². The average molecular weight is 376 g/mol. The van der Waals surface area contributed by atoms with Crippen molar-refractivity contribution in [2.24, 2.45) is 11.8 Å². The fourth-order valence-corrected chi connectivity index (χ4v) is 3.66. The maximum absolute atomic E-state index is 12.5. The van der Waals surface area contributed by atoms with Crippen LogP contribution >= 0.6 is 0 Å². The number of hydrogen-bond donors (Lipinski definition) is 3. The standard InChI is InChI=1S/C21H33N3O3/c1-15(2)12-19(23-16(3)17-8-5-4-6-9-17)13-22-21(27)24-11-7-10-18(14-24)20(25)26/h4-6,8-9,15-16,18-19,23H,7,10-14H2,1-3H3,(H,22,27)(H,25,26). The Morgan fingerprint density at radius 2 is 1.93 bits per heavy atom. The molecule has 0 aliphatic carbocycles. The van der Waals surface area contributed by atoms with Gasteiger partial charge in [0.2, 0.25) is 0 Å². The number of benzene rings is 1. The number of nitrogens with one attached hydrogen (secondary N) is 2. The van der Waals surface area contributed by atoms with E-state index in [1.165, 1.54) is 5.56 Å². The van der Waals surface area contributed by atoms with Gasteiger partial charge in [0.05, 0.1) is 5.92 Å². The van der Waals surface area contributed by atoms with Crippen LogP contribution in [-0.2, 0) is 4.79 Å². The Balaban J connectivity index is 1.89. The van der Waals surface area contributed by atoms with Crippen LogP contribution in [0.1, 0.15) is 51.6 Å². The quantitative estimate of drug-likeness (QED) is 0.651. The van der Waals surface area contributed by atoms with Crippen molar-refractivity contribution in [3.63, 3.8) is 0 Å². The van der Waals surface area contributed by atoms with Crippen LogP contribution in [0.25, 0.3) is 0 Å². The molecule has 27 heavy (non-hydrogen) atoms. The molecule has 0 radical (unpaired) electrons. The molecule has 1 saturated heterocycles. The first-order valence-electron chi connectivity index (χ1n) is 9.93. The molecule has 6 heteroatoms. The first-order valence-corrected chi connectivity index (χ1v) is 9.93. The Kier molecular flexibility index (Phi) is 8.10. The summed E-state index contributed by atoms with van der Waals surface area (Å²) in [5.41, 5.74) is 1.22. The van der Waals surface area contributed by atoms with Crippen molar-refractivity contribution >= 4 is 12.0 Å². The average Bonchev–Trinajstić information content (AvgIpc) is 2.66. The van der Waals surface area contributed by atoms with Crippen molar-refractivity contribution in [1.29, 1.82) is 0 Å². The summed E-state index contributed by atoms with van der Waals surface area (Å²) < 4.78 is 0. The van der Waals surface area contributed by atoms with Crippen LogP contribution < -0.4 is 10.6 Å². The molecular formula is C21H33N3O3. The first kappa shape index (κ1) is 21.2. The minimum absolute atomic E-state index is 0.157. The molecule has 3 N–H and O–H groups in total. The van der Waals surface area contributed by atoms with E-state index >= 15 is 0 Å². The number of piperidine rings is 1. The number of nitrogens with zero attached hydrogens (tertiary/aromatic N) is 1. The normalized spacial score (nSPS) is 19.6. The Labute approximate surface area is 162 Å². The van der Waals surface area contributed by atoms with E-state index in [1.54, 1.807) is 4.90 Å². The highest BCUT2D eigenvalue weighted by atomic mass is 16.4.